The van der Waals surface area contributed by atoms with Gasteiger partial charge in [-0.25, -0.2) is 4.98 Å². The Labute approximate surface area is 94.5 Å². The van der Waals surface area contributed by atoms with Gasteiger partial charge in [-0.3, -0.25) is 0 Å². The summed E-state index contributed by atoms with van der Waals surface area (Å²) >= 11 is 0. The number of hydrogen-bond donors (Lipinski definition) is 2. The molecule has 1 aromatic carbocycles. The molecule has 4 nitrogen and oxygen atoms in total. The van der Waals surface area contributed by atoms with Crippen molar-refractivity contribution in [1.29, 1.82) is 0 Å². The van der Waals surface area contributed by atoms with Crippen molar-refractivity contribution in [2.45, 2.75) is 20.1 Å². The van der Waals surface area contributed by atoms with E-state index in [0.717, 1.165) is 17.3 Å². The standard InChI is InChI=1S/C12H15N3O/c1-9-2-4-11(5-3-9)16-8-12-14-7-10(6-13)15-12/h2-5,7H,6,8,13H2,1H3,(H,14,15). The lowest BCUT2D eigenvalue weighted by Crippen LogP contribution is -1.99. The van der Waals surface area contributed by atoms with E-state index >= 15 is 0 Å². The van der Waals surface area contributed by atoms with E-state index in [-0.39, 0.29) is 0 Å². The highest BCUT2D eigenvalue weighted by molar-refractivity contribution is 5.26. The number of nitrogens with one attached hydrogen (secondary N) is 1. The first kappa shape index (κ1) is 10.7. The summed E-state index contributed by atoms with van der Waals surface area (Å²) in [5.74, 6) is 1.64. The maximum atomic E-state index is 5.57. The molecule has 0 aliphatic rings. The first-order valence-corrected chi connectivity index (χ1v) is 5.20. The van der Waals surface area contributed by atoms with Crippen LogP contribution in [0.25, 0.3) is 0 Å². The van der Waals surface area contributed by atoms with E-state index in [2.05, 4.69) is 9.97 Å². The van der Waals surface area contributed by atoms with E-state index in [9.17, 15) is 0 Å². The minimum Gasteiger partial charge on any atom is -0.486 e. The van der Waals surface area contributed by atoms with E-state index in [1.807, 2.05) is 31.2 Å². The quantitative estimate of drug-likeness (QED) is 0.820. The van der Waals surface area contributed by atoms with E-state index in [1.165, 1.54) is 5.56 Å². The molecule has 1 aromatic heterocycles. The smallest absolute Gasteiger partial charge is 0.146 e. The van der Waals surface area contributed by atoms with Gasteiger partial charge in [-0.15, -0.1) is 0 Å². The summed E-state index contributed by atoms with van der Waals surface area (Å²) < 4.78 is 5.57. The summed E-state index contributed by atoms with van der Waals surface area (Å²) in [4.78, 5) is 7.24. The molecule has 0 bridgehead atoms. The summed E-state index contributed by atoms with van der Waals surface area (Å²) in [5.41, 5.74) is 7.61. The number of aromatic amines is 1. The monoisotopic (exact) mass is 217 g/mol. The number of aromatic nitrogens is 2. The van der Waals surface area contributed by atoms with E-state index < -0.39 is 0 Å². The molecule has 3 N–H and O–H groups in total. The number of H-pyrrole nitrogens is 1. The normalized spacial score (nSPS) is 10.4. The second kappa shape index (κ2) is 4.81. The fourth-order valence-electron chi connectivity index (χ4n) is 1.37. The molecule has 0 aliphatic carbocycles. The van der Waals surface area contributed by atoms with Crippen molar-refractivity contribution in [3.05, 3.63) is 47.5 Å². The summed E-state index contributed by atoms with van der Waals surface area (Å²) in [6.07, 6.45) is 1.73. The van der Waals surface area contributed by atoms with E-state index in [1.54, 1.807) is 6.20 Å². The fourth-order valence-corrected chi connectivity index (χ4v) is 1.37. The molecule has 0 saturated carbocycles. The Morgan fingerprint density at radius 2 is 2.06 bits per heavy atom. The molecule has 0 amide bonds. The molecule has 2 rings (SSSR count). The van der Waals surface area contributed by atoms with Crippen LogP contribution in [0.4, 0.5) is 0 Å². The van der Waals surface area contributed by atoms with Crippen LogP contribution in [0.1, 0.15) is 17.1 Å². The van der Waals surface area contributed by atoms with Crippen molar-refractivity contribution in [2.24, 2.45) is 5.73 Å². The van der Waals surface area contributed by atoms with E-state index in [0.29, 0.717) is 13.2 Å². The molecule has 0 radical (unpaired) electrons. The van der Waals surface area contributed by atoms with Gasteiger partial charge in [0.1, 0.15) is 18.2 Å². The second-order valence-corrected chi connectivity index (χ2v) is 3.66. The summed E-state index contributed by atoms with van der Waals surface area (Å²) in [5, 5.41) is 0. The van der Waals surface area contributed by atoms with Gasteiger partial charge in [0.15, 0.2) is 0 Å². The minimum absolute atomic E-state index is 0.434. The van der Waals surface area contributed by atoms with Gasteiger partial charge in [-0.1, -0.05) is 17.7 Å². The molecule has 0 unspecified atom stereocenters. The van der Waals surface area contributed by atoms with Gasteiger partial charge in [0.25, 0.3) is 0 Å². The Balaban J connectivity index is 1.94. The first-order chi connectivity index (χ1) is 7.78. The maximum Gasteiger partial charge on any atom is 0.146 e. The van der Waals surface area contributed by atoms with Gasteiger partial charge < -0.3 is 15.5 Å². The first-order valence-electron chi connectivity index (χ1n) is 5.20. The van der Waals surface area contributed by atoms with Crippen LogP contribution in [0.2, 0.25) is 0 Å². The molecule has 84 valence electrons. The van der Waals surface area contributed by atoms with Crippen LogP contribution in [-0.4, -0.2) is 9.97 Å². The number of nitrogens with two attached hydrogens (primary N) is 1. The summed E-state index contributed by atoms with van der Waals surface area (Å²) in [7, 11) is 0. The number of imidazole rings is 1. The molecule has 2 aromatic rings. The van der Waals surface area contributed by atoms with Gasteiger partial charge in [0.2, 0.25) is 0 Å². The Kier molecular flexibility index (Phi) is 3.22. The lowest BCUT2D eigenvalue weighted by atomic mass is 10.2. The third kappa shape index (κ3) is 2.61. The third-order valence-corrected chi connectivity index (χ3v) is 2.30. The molecule has 0 spiro atoms. The zero-order valence-electron chi connectivity index (χ0n) is 9.23. The van der Waals surface area contributed by atoms with E-state index in [4.69, 9.17) is 10.5 Å². The molecule has 0 atom stereocenters. The van der Waals surface area contributed by atoms with Crippen LogP contribution < -0.4 is 10.5 Å². The summed E-state index contributed by atoms with van der Waals surface area (Å²) in [6.45, 7) is 2.95. The average molecular weight is 217 g/mol. The largest absolute Gasteiger partial charge is 0.486 e. The molecular weight excluding hydrogens is 202 g/mol. The molecule has 0 fully saturated rings. The number of nitrogens with zero attached hydrogens (tertiary/aromatic N) is 1. The molecule has 0 saturated heterocycles. The zero-order chi connectivity index (χ0) is 11.4. The summed E-state index contributed by atoms with van der Waals surface area (Å²) in [6, 6.07) is 7.93. The molecule has 4 heteroatoms. The SMILES string of the molecule is Cc1ccc(OCc2ncc(CN)[nH]2)cc1. The predicted octanol–water partition coefficient (Wildman–Crippen LogP) is 1.76. The Morgan fingerprint density at radius 3 is 2.69 bits per heavy atom. The lowest BCUT2D eigenvalue weighted by Gasteiger charge is -2.04. The van der Waals surface area contributed by atoms with Crippen molar-refractivity contribution in [3.8, 4) is 5.75 Å². The molecule has 0 aliphatic heterocycles. The minimum atomic E-state index is 0.434. The molecular formula is C12H15N3O. The highest BCUT2D eigenvalue weighted by atomic mass is 16.5. The van der Waals surface area contributed by atoms with Gasteiger partial charge in [-0.05, 0) is 19.1 Å². The lowest BCUT2D eigenvalue weighted by molar-refractivity contribution is 0.297. The third-order valence-electron chi connectivity index (χ3n) is 2.30. The Morgan fingerprint density at radius 1 is 1.31 bits per heavy atom. The number of hydrogen-bond acceptors (Lipinski definition) is 3. The van der Waals surface area contributed by atoms with Gasteiger partial charge in [0, 0.05) is 18.4 Å². The average Bonchev–Trinajstić information content (AvgIpc) is 2.76. The Hall–Kier alpha value is -1.81. The highest BCUT2D eigenvalue weighted by Gasteiger charge is 2.00. The van der Waals surface area contributed by atoms with Crippen LogP contribution in [0.15, 0.2) is 30.5 Å². The molecule has 16 heavy (non-hydrogen) atoms. The van der Waals surface area contributed by atoms with Crippen LogP contribution in [0.5, 0.6) is 5.75 Å². The van der Waals surface area contributed by atoms with Crippen LogP contribution in [0.3, 0.4) is 0 Å². The fraction of sp³-hybridized carbons (Fsp3) is 0.250. The molecule has 1 heterocycles. The van der Waals surface area contributed by atoms with Gasteiger partial charge >= 0.3 is 0 Å². The highest BCUT2D eigenvalue weighted by Crippen LogP contribution is 2.12. The number of rotatable bonds is 4. The van der Waals surface area contributed by atoms with Gasteiger partial charge in [-0.2, -0.15) is 0 Å². The van der Waals surface area contributed by atoms with Crippen LogP contribution >= 0.6 is 0 Å². The Bertz CT molecular complexity index is 448. The topological polar surface area (TPSA) is 63.9 Å². The zero-order valence-corrected chi connectivity index (χ0v) is 9.23. The number of benzene rings is 1. The van der Waals surface area contributed by atoms with Crippen molar-refractivity contribution in [2.75, 3.05) is 0 Å². The van der Waals surface area contributed by atoms with Gasteiger partial charge in [0.05, 0.1) is 0 Å². The van der Waals surface area contributed by atoms with Crippen LogP contribution in [-0.2, 0) is 13.2 Å². The maximum absolute atomic E-state index is 5.57. The number of ether oxygens (including phenoxy) is 1. The predicted molar refractivity (Wildman–Crippen MR) is 62.0 cm³/mol. The van der Waals surface area contributed by atoms with Crippen LogP contribution in [0, 0.1) is 6.92 Å². The second-order valence-electron chi connectivity index (χ2n) is 3.66. The van der Waals surface area contributed by atoms with Crippen molar-refractivity contribution < 1.29 is 4.74 Å². The number of aryl methyl sites for hydroxylation is 1. The van der Waals surface area contributed by atoms with Crippen molar-refractivity contribution in [3.63, 3.8) is 0 Å². The van der Waals surface area contributed by atoms with Crippen molar-refractivity contribution in [1.82, 2.24) is 9.97 Å². The van der Waals surface area contributed by atoms with Crippen molar-refractivity contribution >= 4 is 0 Å².